The third-order valence-corrected chi connectivity index (χ3v) is 4.57. The predicted octanol–water partition coefficient (Wildman–Crippen LogP) is 1.72. The van der Waals surface area contributed by atoms with Gasteiger partial charge in [-0.25, -0.2) is 0 Å². The van der Waals surface area contributed by atoms with E-state index in [-0.39, 0.29) is 11.6 Å². The quantitative estimate of drug-likeness (QED) is 0.829. The summed E-state index contributed by atoms with van der Waals surface area (Å²) in [5.41, 5.74) is -0.0868. The third kappa shape index (κ3) is 4.01. The lowest BCUT2D eigenvalue weighted by Gasteiger charge is -2.44. The number of aryl methyl sites for hydroxylation is 1. The zero-order valence-corrected chi connectivity index (χ0v) is 13.8. The van der Waals surface area contributed by atoms with Gasteiger partial charge in [-0.3, -0.25) is 0 Å². The first kappa shape index (κ1) is 16.4. The molecule has 1 aromatic rings. The smallest absolute Gasteiger partial charge is 0.176 e. The van der Waals surface area contributed by atoms with Gasteiger partial charge in [-0.05, 0) is 50.3 Å². The molecule has 0 aromatic carbocycles. The minimum atomic E-state index is -0.0868. The maximum Gasteiger partial charge on any atom is 0.176 e. The highest BCUT2D eigenvalue weighted by Crippen LogP contribution is 2.38. The molecular weight excluding hydrogens is 266 g/mol. The van der Waals surface area contributed by atoms with Gasteiger partial charge in [0.05, 0.1) is 12.6 Å². The van der Waals surface area contributed by atoms with E-state index in [2.05, 4.69) is 41.5 Å². The lowest BCUT2D eigenvalue weighted by atomic mass is 9.74. The number of likely N-dealkylation sites (N-methyl/N-ethyl adjacent to an activating group) is 1. The zero-order valence-electron chi connectivity index (χ0n) is 13.8. The molecule has 21 heavy (non-hydrogen) atoms. The van der Waals surface area contributed by atoms with Gasteiger partial charge in [0.2, 0.25) is 0 Å². The molecule has 1 unspecified atom stereocenters. The van der Waals surface area contributed by atoms with E-state index in [1.54, 1.807) is 7.05 Å². The molecule has 1 heterocycles. The van der Waals surface area contributed by atoms with E-state index in [9.17, 15) is 0 Å². The molecule has 1 aliphatic carbocycles. The second-order valence-electron chi connectivity index (χ2n) is 6.19. The fourth-order valence-corrected chi connectivity index (χ4v) is 3.41. The van der Waals surface area contributed by atoms with E-state index in [1.165, 1.54) is 17.6 Å². The Morgan fingerprint density at radius 1 is 1.38 bits per heavy atom. The van der Waals surface area contributed by atoms with E-state index in [1.807, 2.05) is 0 Å². The van der Waals surface area contributed by atoms with Crippen LogP contribution < -0.4 is 5.32 Å². The van der Waals surface area contributed by atoms with Crippen molar-refractivity contribution >= 4 is 0 Å². The maximum absolute atomic E-state index is 6.27. The minimum Gasteiger partial charge on any atom is -0.374 e. The lowest BCUT2D eigenvalue weighted by molar-refractivity contribution is -0.0961. The number of nitrogens with zero attached hydrogens (tertiary/aromatic N) is 4. The van der Waals surface area contributed by atoms with Crippen molar-refractivity contribution in [3.8, 4) is 0 Å². The van der Waals surface area contributed by atoms with Gasteiger partial charge < -0.3 is 10.1 Å². The van der Waals surface area contributed by atoms with E-state index in [0.29, 0.717) is 0 Å². The van der Waals surface area contributed by atoms with Gasteiger partial charge in [-0.15, -0.1) is 10.2 Å². The van der Waals surface area contributed by atoms with Crippen LogP contribution in [0.1, 0.15) is 52.3 Å². The Hall–Kier alpha value is -1.01. The average molecular weight is 295 g/mol. The fourth-order valence-electron chi connectivity index (χ4n) is 3.41. The number of hydrogen-bond donors (Lipinski definition) is 1. The Labute approximate surface area is 127 Å². The number of ether oxygens (including phenoxy) is 1. The van der Waals surface area contributed by atoms with Gasteiger partial charge >= 0.3 is 0 Å². The summed E-state index contributed by atoms with van der Waals surface area (Å²) in [6.45, 7) is 8.24. The van der Waals surface area contributed by atoms with Gasteiger partial charge in [0, 0.05) is 19.1 Å². The Kier molecular flexibility index (Phi) is 5.70. The fraction of sp³-hybridized carbons (Fsp3) is 0.933. The molecule has 1 aromatic heterocycles. The molecule has 2 rings (SSSR count). The van der Waals surface area contributed by atoms with E-state index in [4.69, 9.17) is 4.74 Å². The van der Waals surface area contributed by atoms with E-state index >= 15 is 0 Å². The van der Waals surface area contributed by atoms with Crippen molar-refractivity contribution in [3.05, 3.63) is 5.82 Å². The molecule has 120 valence electrons. The van der Waals surface area contributed by atoms with Crippen LogP contribution in [0, 0.1) is 5.92 Å². The monoisotopic (exact) mass is 295 g/mol. The highest BCUT2D eigenvalue weighted by molar-refractivity contribution is 5.00. The predicted molar refractivity (Wildman–Crippen MR) is 82.0 cm³/mol. The van der Waals surface area contributed by atoms with Crippen molar-refractivity contribution in [2.75, 3.05) is 13.2 Å². The Morgan fingerprint density at radius 3 is 2.62 bits per heavy atom. The lowest BCUT2D eigenvalue weighted by Crippen LogP contribution is -2.55. The highest BCUT2D eigenvalue weighted by atomic mass is 16.5. The van der Waals surface area contributed by atoms with E-state index in [0.717, 1.165) is 44.2 Å². The van der Waals surface area contributed by atoms with Gasteiger partial charge in [0.15, 0.2) is 5.82 Å². The number of aromatic nitrogens is 4. The van der Waals surface area contributed by atoms with Crippen LogP contribution in [-0.2, 0) is 18.2 Å². The molecule has 0 aliphatic heterocycles. The van der Waals surface area contributed by atoms with Gasteiger partial charge in [0.25, 0.3) is 0 Å². The summed E-state index contributed by atoms with van der Waals surface area (Å²) >= 11 is 0. The Balaban J connectivity index is 2.15. The van der Waals surface area contributed by atoms with Crippen molar-refractivity contribution in [3.63, 3.8) is 0 Å². The zero-order chi connectivity index (χ0) is 15.3. The molecule has 1 N–H and O–H groups in total. The molecule has 1 aliphatic rings. The van der Waals surface area contributed by atoms with Crippen molar-refractivity contribution in [1.29, 1.82) is 0 Å². The van der Waals surface area contributed by atoms with Crippen LogP contribution in [0.25, 0.3) is 0 Å². The Bertz CT molecular complexity index is 425. The molecule has 1 atom stereocenters. The third-order valence-electron chi connectivity index (χ3n) is 4.57. The van der Waals surface area contributed by atoms with Crippen molar-refractivity contribution in [1.82, 2.24) is 25.5 Å². The number of tetrazole rings is 1. The first-order valence-corrected chi connectivity index (χ1v) is 8.20. The highest BCUT2D eigenvalue weighted by Gasteiger charge is 2.42. The first-order valence-electron chi connectivity index (χ1n) is 8.20. The first-order chi connectivity index (χ1) is 10.1. The molecule has 0 bridgehead atoms. The normalized spacial score (nSPS) is 27.7. The molecule has 1 fully saturated rings. The van der Waals surface area contributed by atoms with Crippen LogP contribution in [0.2, 0.25) is 0 Å². The summed E-state index contributed by atoms with van der Waals surface area (Å²) in [7, 11) is 1.80. The van der Waals surface area contributed by atoms with Crippen molar-refractivity contribution in [2.45, 2.75) is 64.5 Å². The summed E-state index contributed by atoms with van der Waals surface area (Å²) in [6.07, 6.45) is 5.46. The summed E-state index contributed by atoms with van der Waals surface area (Å²) in [4.78, 5) is 1.52. The van der Waals surface area contributed by atoms with Crippen LogP contribution in [0.5, 0.6) is 0 Å². The maximum atomic E-state index is 6.27. The SMILES string of the molecule is CCNC(Cc1nnn(C)n1)C1(OCC)CCC(C)CC1. The molecule has 1 saturated carbocycles. The molecule has 6 heteroatoms. The molecular formula is C15H29N5O. The average Bonchev–Trinajstić information content (AvgIpc) is 2.87. The molecule has 6 nitrogen and oxygen atoms in total. The van der Waals surface area contributed by atoms with Crippen molar-refractivity contribution < 1.29 is 4.74 Å². The molecule has 0 saturated heterocycles. The van der Waals surface area contributed by atoms with Crippen LogP contribution in [-0.4, -0.2) is 45.0 Å². The standard InChI is InChI=1S/C15H29N5O/c1-5-16-13(11-14-17-19-20(4)18-14)15(21-6-2)9-7-12(3)8-10-15/h12-13,16H,5-11H2,1-4H3. The molecule has 0 radical (unpaired) electrons. The van der Waals surface area contributed by atoms with Crippen molar-refractivity contribution in [2.24, 2.45) is 13.0 Å². The largest absolute Gasteiger partial charge is 0.374 e. The van der Waals surface area contributed by atoms with Crippen LogP contribution >= 0.6 is 0 Å². The number of rotatable bonds is 7. The molecule has 0 amide bonds. The summed E-state index contributed by atoms with van der Waals surface area (Å²) in [6, 6.07) is 0.249. The summed E-state index contributed by atoms with van der Waals surface area (Å²) in [5.74, 6) is 1.59. The number of hydrogen-bond acceptors (Lipinski definition) is 5. The Morgan fingerprint density at radius 2 is 2.10 bits per heavy atom. The summed E-state index contributed by atoms with van der Waals surface area (Å²) in [5, 5.41) is 16.0. The second-order valence-corrected chi connectivity index (χ2v) is 6.19. The second kappa shape index (κ2) is 7.31. The van der Waals surface area contributed by atoms with Gasteiger partial charge in [-0.1, -0.05) is 13.8 Å². The molecule has 0 spiro atoms. The van der Waals surface area contributed by atoms with Gasteiger partial charge in [0.1, 0.15) is 0 Å². The minimum absolute atomic E-state index is 0.0868. The van der Waals surface area contributed by atoms with Crippen LogP contribution in [0.4, 0.5) is 0 Å². The number of nitrogens with one attached hydrogen (secondary N) is 1. The van der Waals surface area contributed by atoms with E-state index < -0.39 is 0 Å². The summed E-state index contributed by atoms with van der Waals surface area (Å²) < 4.78 is 6.27. The van der Waals surface area contributed by atoms with Crippen LogP contribution in [0.3, 0.4) is 0 Å². The van der Waals surface area contributed by atoms with Crippen LogP contribution in [0.15, 0.2) is 0 Å². The van der Waals surface area contributed by atoms with Gasteiger partial charge in [-0.2, -0.15) is 4.80 Å². The topological polar surface area (TPSA) is 64.9 Å².